The summed E-state index contributed by atoms with van der Waals surface area (Å²) in [5, 5.41) is 0.809. The zero-order chi connectivity index (χ0) is 12.8. The number of alkyl halides is 1. The summed E-state index contributed by atoms with van der Waals surface area (Å²) in [6, 6.07) is 5.80. The third kappa shape index (κ3) is 4.52. The number of nitrogens with zero attached hydrogens (tertiary/aromatic N) is 1. The van der Waals surface area contributed by atoms with Crippen LogP contribution in [0.3, 0.4) is 0 Å². The van der Waals surface area contributed by atoms with Crippen molar-refractivity contribution in [1.29, 1.82) is 0 Å². The first-order valence-electron chi connectivity index (χ1n) is 5.40. The van der Waals surface area contributed by atoms with Crippen molar-refractivity contribution in [2.24, 2.45) is 0 Å². The van der Waals surface area contributed by atoms with Crippen LogP contribution in [-0.2, 0) is 0 Å². The molecular formula is C12H14Br2INO. The van der Waals surface area contributed by atoms with Crippen LogP contribution in [0.5, 0.6) is 0 Å². The van der Waals surface area contributed by atoms with Crippen LogP contribution in [0.1, 0.15) is 23.7 Å². The molecule has 0 saturated carbocycles. The van der Waals surface area contributed by atoms with Gasteiger partial charge in [-0.1, -0.05) is 38.8 Å². The van der Waals surface area contributed by atoms with Crippen molar-refractivity contribution in [2.75, 3.05) is 18.4 Å². The fourth-order valence-corrected chi connectivity index (χ4v) is 2.87. The van der Waals surface area contributed by atoms with Gasteiger partial charge in [0.1, 0.15) is 0 Å². The Hall–Kier alpha value is 0.380. The molecule has 1 rings (SSSR count). The topological polar surface area (TPSA) is 20.3 Å². The van der Waals surface area contributed by atoms with Crippen LogP contribution in [0.2, 0.25) is 0 Å². The Morgan fingerprint density at radius 3 is 2.71 bits per heavy atom. The van der Waals surface area contributed by atoms with Gasteiger partial charge >= 0.3 is 0 Å². The molecule has 0 aliphatic carbocycles. The molecule has 0 spiro atoms. The number of carbonyl (C=O) groups is 1. The molecular weight excluding hydrogens is 461 g/mol. The lowest BCUT2D eigenvalue weighted by Gasteiger charge is -2.21. The molecule has 0 bridgehead atoms. The maximum atomic E-state index is 12.4. The van der Waals surface area contributed by atoms with E-state index in [4.69, 9.17) is 0 Å². The van der Waals surface area contributed by atoms with Gasteiger partial charge in [-0.05, 0) is 47.2 Å². The smallest absolute Gasteiger partial charge is 0.254 e. The number of amides is 1. The van der Waals surface area contributed by atoms with E-state index in [0.29, 0.717) is 0 Å². The van der Waals surface area contributed by atoms with Gasteiger partial charge in [-0.25, -0.2) is 0 Å². The SMILES string of the molecule is CCCN(CCBr)C(=O)c1cc(Br)ccc1I. The predicted molar refractivity (Wildman–Crippen MR) is 86.8 cm³/mol. The lowest BCUT2D eigenvalue weighted by molar-refractivity contribution is 0.0765. The Bertz CT molecular complexity index is 392. The summed E-state index contributed by atoms with van der Waals surface area (Å²) in [6.45, 7) is 3.63. The van der Waals surface area contributed by atoms with E-state index in [1.807, 2.05) is 23.1 Å². The average molecular weight is 475 g/mol. The van der Waals surface area contributed by atoms with Gasteiger partial charge in [0.15, 0.2) is 0 Å². The van der Waals surface area contributed by atoms with E-state index in [0.717, 1.165) is 38.4 Å². The highest BCUT2D eigenvalue weighted by Crippen LogP contribution is 2.20. The molecule has 1 amide bonds. The van der Waals surface area contributed by atoms with Crippen LogP contribution in [-0.4, -0.2) is 29.2 Å². The van der Waals surface area contributed by atoms with Crippen LogP contribution in [0.25, 0.3) is 0 Å². The lowest BCUT2D eigenvalue weighted by atomic mass is 10.2. The quantitative estimate of drug-likeness (QED) is 0.460. The molecule has 0 fully saturated rings. The number of carbonyl (C=O) groups excluding carboxylic acids is 1. The van der Waals surface area contributed by atoms with Gasteiger partial charge in [0.05, 0.1) is 5.56 Å². The molecule has 0 unspecified atom stereocenters. The molecule has 0 aliphatic rings. The van der Waals surface area contributed by atoms with Gasteiger partial charge in [-0.2, -0.15) is 0 Å². The summed E-state index contributed by atoms with van der Waals surface area (Å²) in [5.74, 6) is 0.108. The summed E-state index contributed by atoms with van der Waals surface area (Å²) < 4.78 is 1.93. The fourth-order valence-electron chi connectivity index (χ4n) is 1.52. The molecule has 0 atom stereocenters. The first-order chi connectivity index (χ1) is 8.10. The fraction of sp³-hybridized carbons (Fsp3) is 0.417. The predicted octanol–water partition coefficient (Wildman–Crippen LogP) is 4.30. The molecule has 94 valence electrons. The highest BCUT2D eigenvalue weighted by Gasteiger charge is 2.17. The van der Waals surface area contributed by atoms with Crippen molar-refractivity contribution in [1.82, 2.24) is 4.90 Å². The molecule has 17 heavy (non-hydrogen) atoms. The molecule has 0 aromatic heterocycles. The second kappa shape index (κ2) is 7.74. The zero-order valence-electron chi connectivity index (χ0n) is 9.55. The van der Waals surface area contributed by atoms with Crippen molar-refractivity contribution < 1.29 is 4.79 Å². The first kappa shape index (κ1) is 15.4. The minimum atomic E-state index is 0.108. The van der Waals surface area contributed by atoms with Crippen LogP contribution in [0.15, 0.2) is 22.7 Å². The minimum Gasteiger partial charge on any atom is -0.338 e. The molecule has 5 heteroatoms. The van der Waals surface area contributed by atoms with Crippen LogP contribution in [0, 0.1) is 3.57 Å². The zero-order valence-corrected chi connectivity index (χ0v) is 14.9. The number of hydrogen-bond donors (Lipinski definition) is 0. The highest BCUT2D eigenvalue weighted by atomic mass is 127. The standard InChI is InChI=1S/C12H14Br2INO/c1-2-6-16(7-5-13)12(17)10-8-9(14)3-4-11(10)15/h3-4,8H,2,5-7H2,1H3. The third-order valence-corrected chi connectivity index (χ3v) is 4.08. The lowest BCUT2D eigenvalue weighted by Crippen LogP contribution is -2.33. The minimum absolute atomic E-state index is 0.108. The van der Waals surface area contributed by atoms with Crippen molar-refractivity contribution >= 4 is 60.4 Å². The van der Waals surface area contributed by atoms with E-state index < -0.39 is 0 Å². The molecule has 0 N–H and O–H groups in total. The van der Waals surface area contributed by atoms with Crippen molar-refractivity contribution in [3.63, 3.8) is 0 Å². The summed E-state index contributed by atoms with van der Waals surface area (Å²) in [4.78, 5) is 14.3. The molecule has 0 heterocycles. The van der Waals surface area contributed by atoms with Gasteiger partial charge < -0.3 is 4.90 Å². The van der Waals surface area contributed by atoms with Crippen molar-refractivity contribution in [3.8, 4) is 0 Å². The van der Waals surface area contributed by atoms with Crippen LogP contribution >= 0.6 is 54.5 Å². The third-order valence-electron chi connectivity index (χ3n) is 2.29. The summed E-state index contributed by atoms with van der Waals surface area (Å²) in [7, 11) is 0. The van der Waals surface area contributed by atoms with Crippen LogP contribution in [0.4, 0.5) is 0 Å². The second-order valence-electron chi connectivity index (χ2n) is 3.61. The van der Waals surface area contributed by atoms with Crippen molar-refractivity contribution in [2.45, 2.75) is 13.3 Å². The Balaban J connectivity index is 2.95. The van der Waals surface area contributed by atoms with Gasteiger partial charge in [0.25, 0.3) is 5.91 Å². The first-order valence-corrected chi connectivity index (χ1v) is 8.39. The van der Waals surface area contributed by atoms with Gasteiger partial charge in [-0.15, -0.1) is 0 Å². The maximum absolute atomic E-state index is 12.4. The number of rotatable bonds is 5. The maximum Gasteiger partial charge on any atom is 0.254 e. The van der Waals surface area contributed by atoms with E-state index >= 15 is 0 Å². The monoisotopic (exact) mass is 473 g/mol. The van der Waals surface area contributed by atoms with Gasteiger partial charge in [-0.3, -0.25) is 4.79 Å². The number of halogens is 3. The van der Waals surface area contributed by atoms with E-state index in [1.165, 1.54) is 0 Å². The highest BCUT2D eigenvalue weighted by molar-refractivity contribution is 14.1. The number of hydrogen-bond acceptors (Lipinski definition) is 1. The molecule has 0 aliphatic heterocycles. The Kier molecular flexibility index (Phi) is 7.02. The molecule has 0 radical (unpaired) electrons. The Morgan fingerprint density at radius 2 is 2.12 bits per heavy atom. The second-order valence-corrected chi connectivity index (χ2v) is 6.48. The van der Waals surface area contributed by atoms with E-state index in [9.17, 15) is 4.79 Å². The normalized spacial score (nSPS) is 10.4. The molecule has 1 aromatic carbocycles. The van der Waals surface area contributed by atoms with E-state index in [-0.39, 0.29) is 5.91 Å². The summed E-state index contributed by atoms with van der Waals surface area (Å²) in [5.41, 5.74) is 0.773. The van der Waals surface area contributed by atoms with Gasteiger partial charge in [0, 0.05) is 26.5 Å². The Labute approximate surface area is 133 Å². The molecule has 0 saturated heterocycles. The summed E-state index contributed by atoms with van der Waals surface area (Å²) >= 11 is 9.00. The van der Waals surface area contributed by atoms with Crippen LogP contribution < -0.4 is 0 Å². The van der Waals surface area contributed by atoms with Gasteiger partial charge in [0.2, 0.25) is 0 Å². The van der Waals surface area contributed by atoms with E-state index in [1.54, 1.807) is 0 Å². The number of benzene rings is 1. The van der Waals surface area contributed by atoms with Crippen molar-refractivity contribution in [3.05, 3.63) is 31.8 Å². The average Bonchev–Trinajstić information content (AvgIpc) is 2.31. The molecule has 2 nitrogen and oxygen atoms in total. The van der Waals surface area contributed by atoms with E-state index in [2.05, 4.69) is 61.4 Å². The summed E-state index contributed by atoms with van der Waals surface area (Å²) in [6.07, 6.45) is 0.976. The molecule has 1 aromatic rings. The Morgan fingerprint density at radius 1 is 1.41 bits per heavy atom. The largest absolute Gasteiger partial charge is 0.338 e.